The van der Waals surface area contributed by atoms with Crippen molar-refractivity contribution in [1.82, 2.24) is 0 Å². The number of ether oxygens (including phenoxy) is 1. The molecule has 0 bridgehead atoms. The SMILES string of the molecule is Cc1ccc(-c2ccc(COc3ccc4c(c3)CCC(CC(F)(F)F)=C4F)cc2)cc1. The zero-order valence-corrected chi connectivity index (χ0v) is 17.1. The van der Waals surface area contributed by atoms with E-state index in [4.69, 9.17) is 4.74 Å². The minimum atomic E-state index is -4.40. The number of halogens is 4. The maximum Gasteiger partial charge on any atom is 0.392 e. The van der Waals surface area contributed by atoms with Crippen molar-refractivity contribution in [3.63, 3.8) is 0 Å². The van der Waals surface area contributed by atoms with E-state index < -0.39 is 18.4 Å². The molecule has 1 nitrogen and oxygen atoms in total. The van der Waals surface area contributed by atoms with Crippen molar-refractivity contribution in [1.29, 1.82) is 0 Å². The first kappa shape index (κ1) is 21.2. The van der Waals surface area contributed by atoms with Crippen LogP contribution in [0.3, 0.4) is 0 Å². The van der Waals surface area contributed by atoms with E-state index >= 15 is 0 Å². The van der Waals surface area contributed by atoms with Crippen molar-refractivity contribution >= 4 is 5.83 Å². The van der Waals surface area contributed by atoms with Gasteiger partial charge in [0.25, 0.3) is 0 Å². The molecule has 4 rings (SSSR count). The molecule has 0 amide bonds. The Labute approximate surface area is 179 Å². The van der Waals surface area contributed by atoms with Gasteiger partial charge in [-0.25, -0.2) is 4.39 Å². The molecule has 31 heavy (non-hydrogen) atoms. The molecule has 5 heteroatoms. The average molecular weight is 426 g/mol. The van der Waals surface area contributed by atoms with E-state index in [1.807, 2.05) is 24.3 Å². The van der Waals surface area contributed by atoms with E-state index in [0.717, 1.165) is 16.7 Å². The Morgan fingerprint density at radius 1 is 0.839 bits per heavy atom. The molecule has 0 radical (unpaired) electrons. The molecule has 0 heterocycles. The van der Waals surface area contributed by atoms with Crippen LogP contribution in [0.4, 0.5) is 17.6 Å². The maximum atomic E-state index is 14.5. The molecule has 1 aliphatic carbocycles. The Morgan fingerprint density at radius 3 is 2.13 bits per heavy atom. The van der Waals surface area contributed by atoms with Crippen molar-refractivity contribution in [2.75, 3.05) is 0 Å². The summed E-state index contributed by atoms with van der Waals surface area (Å²) in [5.74, 6) is -0.176. The van der Waals surface area contributed by atoms with Gasteiger partial charge in [-0.3, -0.25) is 0 Å². The second kappa shape index (κ2) is 8.58. The summed E-state index contributed by atoms with van der Waals surface area (Å²) in [5.41, 5.74) is 5.21. The fourth-order valence-corrected chi connectivity index (χ4v) is 3.78. The molecule has 0 saturated carbocycles. The second-order valence-corrected chi connectivity index (χ2v) is 7.88. The van der Waals surface area contributed by atoms with Crippen LogP contribution in [0, 0.1) is 6.92 Å². The first-order chi connectivity index (χ1) is 14.8. The second-order valence-electron chi connectivity index (χ2n) is 7.88. The first-order valence-electron chi connectivity index (χ1n) is 10.1. The summed E-state index contributed by atoms with van der Waals surface area (Å²) in [5, 5.41) is 0. The molecule has 0 fully saturated rings. The van der Waals surface area contributed by atoms with Gasteiger partial charge in [0.1, 0.15) is 18.2 Å². The van der Waals surface area contributed by atoms with Crippen LogP contribution in [0.5, 0.6) is 5.75 Å². The summed E-state index contributed by atoms with van der Waals surface area (Å²) in [6.07, 6.45) is -5.16. The predicted octanol–water partition coefficient (Wildman–Crippen LogP) is 7.82. The smallest absolute Gasteiger partial charge is 0.392 e. The first-order valence-corrected chi connectivity index (χ1v) is 10.1. The molecule has 0 unspecified atom stereocenters. The summed E-state index contributed by atoms with van der Waals surface area (Å²) in [6.45, 7) is 2.40. The normalized spacial score (nSPS) is 13.8. The number of allylic oxidation sites excluding steroid dienone is 1. The molecule has 3 aromatic carbocycles. The van der Waals surface area contributed by atoms with Crippen LogP contribution in [-0.4, -0.2) is 6.18 Å². The van der Waals surface area contributed by atoms with Gasteiger partial charge in [0.15, 0.2) is 0 Å². The molecular weight excluding hydrogens is 404 g/mol. The van der Waals surface area contributed by atoms with Crippen LogP contribution in [0.15, 0.2) is 72.3 Å². The number of rotatable bonds is 5. The number of aryl methyl sites for hydroxylation is 2. The van der Waals surface area contributed by atoms with Crippen molar-refractivity contribution in [3.8, 4) is 16.9 Å². The van der Waals surface area contributed by atoms with Crippen LogP contribution in [0.2, 0.25) is 0 Å². The largest absolute Gasteiger partial charge is 0.489 e. The van der Waals surface area contributed by atoms with Gasteiger partial charge in [-0.1, -0.05) is 54.1 Å². The van der Waals surface area contributed by atoms with Gasteiger partial charge in [-0.2, -0.15) is 13.2 Å². The van der Waals surface area contributed by atoms with Crippen LogP contribution in [0.25, 0.3) is 17.0 Å². The predicted molar refractivity (Wildman–Crippen MR) is 114 cm³/mol. The van der Waals surface area contributed by atoms with E-state index in [1.54, 1.807) is 12.1 Å². The standard InChI is InChI=1S/C26H22F4O/c1-17-2-6-19(7-3-17)20-8-4-18(5-9-20)16-31-23-12-13-24-21(14-23)10-11-22(25(24)27)15-26(28,29)30/h2-9,12-14H,10-11,15-16H2,1H3. The van der Waals surface area contributed by atoms with E-state index in [1.165, 1.54) is 11.6 Å². The molecule has 0 aliphatic heterocycles. The molecule has 0 N–H and O–H groups in total. The van der Waals surface area contributed by atoms with Crippen LogP contribution in [0.1, 0.15) is 35.1 Å². The lowest BCUT2D eigenvalue weighted by molar-refractivity contribution is -0.127. The number of fused-ring (bicyclic) bond motifs is 1. The third kappa shape index (κ3) is 5.16. The van der Waals surface area contributed by atoms with Gasteiger partial charge < -0.3 is 4.74 Å². The summed E-state index contributed by atoms with van der Waals surface area (Å²) < 4.78 is 58.2. The zero-order chi connectivity index (χ0) is 22.0. The fourth-order valence-electron chi connectivity index (χ4n) is 3.78. The monoisotopic (exact) mass is 426 g/mol. The molecular formula is C26H22F4O. The molecule has 0 atom stereocenters. The highest BCUT2D eigenvalue weighted by atomic mass is 19.4. The highest BCUT2D eigenvalue weighted by Crippen LogP contribution is 2.39. The van der Waals surface area contributed by atoms with Gasteiger partial charge >= 0.3 is 6.18 Å². The summed E-state index contributed by atoms with van der Waals surface area (Å²) >= 11 is 0. The summed E-state index contributed by atoms with van der Waals surface area (Å²) in [4.78, 5) is 0. The van der Waals surface area contributed by atoms with E-state index in [9.17, 15) is 17.6 Å². The highest BCUT2D eigenvalue weighted by Gasteiger charge is 2.32. The van der Waals surface area contributed by atoms with Crippen LogP contribution < -0.4 is 4.74 Å². The maximum absolute atomic E-state index is 14.5. The zero-order valence-electron chi connectivity index (χ0n) is 17.1. The van der Waals surface area contributed by atoms with E-state index in [2.05, 4.69) is 31.2 Å². The molecule has 3 aromatic rings. The van der Waals surface area contributed by atoms with Crippen molar-refractivity contribution in [3.05, 3.63) is 94.6 Å². The van der Waals surface area contributed by atoms with Crippen molar-refractivity contribution < 1.29 is 22.3 Å². The van der Waals surface area contributed by atoms with Crippen LogP contribution in [-0.2, 0) is 13.0 Å². The Hall–Kier alpha value is -3.08. The van der Waals surface area contributed by atoms with Crippen molar-refractivity contribution in [2.24, 2.45) is 0 Å². The molecule has 0 spiro atoms. The third-order valence-corrected chi connectivity index (χ3v) is 5.48. The third-order valence-electron chi connectivity index (χ3n) is 5.48. The van der Waals surface area contributed by atoms with Gasteiger partial charge in [-0.05, 0) is 65.8 Å². The van der Waals surface area contributed by atoms with Gasteiger partial charge in [0.2, 0.25) is 0 Å². The molecule has 0 saturated heterocycles. The summed E-state index contributed by atoms with van der Waals surface area (Å²) in [6, 6.07) is 21.2. The highest BCUT2D eigenvalue weighted by molar-refractivity contribution is 5.68. The van der Waals surface area contributed by atoms with Gasteiger partial charge in [-0.15, -0.1) is 0 Å². The average Bonchev–Trinajstić information content (AvgIpc) is 2.74. The summed E-state index contributed by atoms with van der Waals surface area (Å²) in [7, 11) is 0. The fraction of sp³-hybridized carbons (Fsp3) is 0.231. The lowest BCUT2D eigenvalue weighted by atomic mass is 9.89. The molecule has 0 aromatic heterocycles. The Balaban J connectivity index is 1.43. The number of hydrogen-bond acceptors (Lipinski definition) is 1. The molecule has 1 aliphatic rings. The number of alkyl halides is 3. The Morgan fingerprint density at radius 2 is 1.48 bits per heavy atom. The van der Waals surface area contributed by atoms with Gasteiger partial charge in [0.05, 0.1) is 6.42 Å². The topological polar surface area (TPSA) is 9.23 Å². The van der Waals surface area contributed by atoms with Crippen LogP contribution >= 0.6 is 0 Å². The van der Waals surface area contributed by atoms with E-state index in [0.29, 0.717) is 24.3 Å². The Bertz CT molecular complexity index is 1090. The lowest BCUT2D eigenvalue weighted by Gasteiger charge is -2.20. The molecule has 160 valence electrons. The lowest BCUT2D eigenvalue weighted by Crippen LogP contribution is -2.13. The quantitative estimate of drug-likeness (QED) is 0.378. The number of hydrogen-bond donors (Lipinski definition) is 0. The Kier molecular flexibility index (Phi) is 5.86. The van der Waals surface area contributed by atoms with Crippen molar-refractivity contribution in [2.45, 2.75) is 39.0 Å². The minimum absolute atomic E-state index is 0.0717. The number of benzene rings is 3. The minimum Gasteiger partial charge on any atom is -0.489 e. The van der Waals surface area contributed by atoms with E-state index in [-0.39, 0.29) is 17.6 Å². The van der Waals surface area contributed by atoms with Gasteiger partial charge in [0, 0.05) is 5.56 Å².